The fourth-order valence-electron chi connectivity index (χ4n) is 3.35. The molecule has 0 radical (unpaired) electrons. The van der Waals surface area contributed by atoms with Crippen LogP contribution in [0.2, 0.25) is 0 Å². The molecule has 1 fully saturated rings. The normalized spacial score (nSPS) is 39.2. The molecule has 0 aliphatic heterocycles. The average Bonchev–Trinajstić information content (AvgIpc) is 2.51. The smallest absolute Gasteiger partial charge is 0.388 e. The molecule has 4 N–H and O–H groups in total. The highest BCUT2D eigenvalue weighted by Crippen LogP contribution is 2.39. The maximum Gasteiger partial charge on any atom is 0.391 e. The third kappa shape index (κ3) is 4.43. The topological polar surface area (TPSA) is 72.7 Å². The zero-order valence-electron chi connectivity index (χ0n) is 12.6. The van der Waals surface area contributed by atoms with Gasteiger partial charge < -0.3 is 20.6 Å². The van der Waals surface area contributed by atoms with E-state index >= 15 is 0 Å². The van der Waals surface area contributed by atoms with E-state index in [4.69, 9.17) is 0 Å². The Morgan fingerprint density at radius 2 is 1.65 bits per heavy atom. The molecular formula is C15H23F4NO3. The van der Waals surface area contributed by atoms with Crippen molar-refractivity contribution in [2.45, 2.75) is 56.2 Å². The molecule has 2 aliphatic rings. The standard InChI is InChI=1S/C15H23F4NO3/c16-6-9-5-11(13(22)14(23)12(9)21)20-7-8-1-3-10(4-2-8)15(17,18)19/h5,8,10-14,20-23H,1-4,6-7H2/t8?,10?,11-,12+,13+,14+/m1/s1. The summed E-state index contributed by atoms with van der Waals surface area (Å²) in [4.78, 5) is 0. The minimum absolute atomic E-state index is 0.001000. The van der Waals surface area contributed by atoms with Crippen molar-refractivity contribution in [3.63, 3.8) is 0 Å². The molecule has 0 saturated heterocycles. The molecule has 134 valence electrons. The van der Waals surface area contributed by atoms with Crippen LogP contribution in [0.4, 0.5) is 17.6 Å². The van der Waals surface area contributed by atoms with Gasteiger partial charge in [0.05, 0.1) is 12.0 Å². The zero-order chi connectivity index (χ0) is 17.2. The van der Waals surface area contributed by atoms with Crippen LogP contribution in [0.5, 0.6) is 0 Å². The summed E-state index contributed by atoms with van der Waals surface area (Å²) in [7, 11) is 0. The van der Waals surface area contributed by atoms with E-state index in [0.717, 1.165) is 0 Å². The van der Waals surface area contributed by atoms with Crippen LogP contribution >= 0.6 is 0 Å². The lowest BCUT2D eigenvalue weighted by atomic mass is 9.81. The van der Waals surface area contributed by atoms with Gasteiger partial charge in [-0.1, -0.05) is 6.08 Å². The highest BCUT2D eigenvalue weighted by Gasteiger charge is 2.42. The lowest BCUT2D eigenvalue weighted by Gasteiger charge is -2.36. The minimum Gasteiger partial charge on any atom is -0.388 e. The monoisotopic (exact) mass is 341 g/mol. The van der Waals surface area contributed by atoms with E-state index in [1.807, 2.05) is 0 Å². The number of rotatable bonds is 4. The molecule has 2 rings (SSSR count). The molecular weight excluding hydrogens is 318 g/mol. The average molecular weight is 341 g/mol. The number of halogens is 4. The van der Waals surface area contributed by atoms with Crippen LogP contribution in [0.1, 0.15) is 25.7 Å². The summed E-state index contributed by atoms with van der Waals surface area (Å²) in [6, 6.07) is -0.723. The second-order valence-corrected chi connectivity index (χ2v) is 6.49. The molecule has 0 bridgehead atoms. The summed E-state index contributed by atoms with van der Waals surface area (Å²) in [5.74, 6) is -1.19. The number of hydrogen-bond acceptors (Lipinski definition) is 4. The van der Waals surface area contributed by atoms with Crippen molar-refractivity contribution in [1.82, 2.24) is 5.32 Å². The summed E-state index contributed by atoms with van der Waals surface area (Å²) < 4.78 is 50.6. The summed E-state index contributed by atoms with van der Waals surface area (Å²) >= 11 is 0. The fraction of sp³-hybridized carbons (Fsp3) is 0.867. The van der Waals surface area contributed by atoms with Crippen molar-refractivity contribution >= 4 is 0 Å². The first-order valence-corrected chi connectivity index (χ1v) is 7.85. The van der Waals surface area contributed by atoms with Gasteiger partial charge in [-0.3, -0.25) is 0 Å². The maximum absolute atomic E-state index is 12.8. The second-order valence-electron chi connectivity index (χ2n) is 6.49. The van der Waals surface area contributed by atoms with Crippen LogP contribution in [0.3, 0.4) is 0 Å². The van der Waals surface area contributed by atoms with Gasteiger partial charge in [-0.2, -0.15) is 13.2 Å². The van der Waals surface area contributed by atoms with Crippen LogP contribution < -0.4 is 5.32 Å². The number of nitrogens with one attached hydrogen (secondary N) is 1. The Labute approximate surface area is 132 Å². The van der Waals surface area contributed by atoms with Crippen LogP contribution in [0.15, 0.2) is 11.6 Å². The van der Waals surface area contributed by atoms with Crippen LogP contribution in [0, 0.1) is 11.8 Å². The lowest BCUT2D eigenvalue weighted by Crippen LogP contribution is -2.54. The Hall–Kier alpha value is -0.700. The van der Waals surface area contributed by atoms with Crippen LogP contribution in [-0.2, 0) is 0 Å². The summed E-state index contributed by atoms with van der Waals surface area (Å²) in [5, 5.41) is 32.2. The minimum atomic E-state index is -4.14. The Morgan fingerprint density at radius 3 is 2.17 bits per heavy atom. The third-order valence-electron chi connectivity index (χ3n) is 4.92. The van der Waals surface area contributed by atoms with Gasteiger partial charge in [0.2, 0.25) is 0 Å². The molecule has 1 saturated carbocycles. The van der Waals surface area contributed by atoms with Gasteiger partial charge in [-0.05, 0) is 43.7 Å². The lowest BCUT2D eigenvalue weighted by molar-refractivity contribution is -0.183. The van der Waals surface area contributed by atoms with Crippen LogP contribution in [0.25, 0.3) is 0 Å². The molecule has 0 unspecified atom stereocenters. The quantitative estimate of drug-likeness (QED) is 0.460. The molecule has 0 heterocycles. The predicted octanol–water partition coefficient (Wildman–Crippen LogP) is 1.31. The SMILES string of the molecule is O[C@@H]1[C@@H](O)[C@@H](O)C(CF)=C[C@H]1NCC1CCC(C(F)(F)F)CC1. The predicted molar refractivity (Wildman–Crippen MR) is 75.4 cm³/mol. The molecule has 0 amide bonds. The first-order chi connectivity index (χ1) is 10.7. The fourth-order valence-corrected chi connectivity index (χ4v) is 3.35. The molecule has 2 aliphatic carbocycles. The number of aliphatic hydroxyl groups is 3. The van der Waals surface area contributed by atoms with Gasteiger partial charge in [0.25, 0.3) is 0 Å². The largest absolute Gasteiger partial charge is 0.391 e. The molecule has 8 heteroatoms. The molecule has 4 nitrogen and oxygen atoms in total. The van der Waals surface area contributed by atoms with Gasteiger partial charge in [-0.15, -0.1) is 0 Å². The van der Waals surface area contributed by atoms with Crippen molar-refractivity contribution in [1.29, 1.82) is 0 Å². The maximum atomic E-state index is 12.8. The van der Waals surface area contributed by atoms with Crippen molar-refractivity contribution in [2.24, 2.45) is 11.8 Å². The summed E-state index contributed by atoms with van der Waals surface area (Å²) in [6.07, 6.45) is -5.94. The number of hydrogen-bond donors (Lipinski definition) is 4. The second kappa shape index (κ2) is 7.46. The van der Waals surface area contributed by atoms with Gasteiger partial charge in [0.15, 0.2) is 0 Å². The Kier molecular flexibility index (Phi) is 6.05. The zero-order valence-corrected chi connectivity index (χ0v) is 12.6. The summed E-state index contributed by atoms with van der Waals surface area (Å²) in [6.45, 7) is -0.551. The Morgan fingerprint density at radius 1 is 1.04 bits per heavy atom. The highest BCUT2D eigenvalue weighted by molar-refractivity contribution is 5.21. The van der Waals surface area contributed by atoms with Crippen molar-refractivity contribution in [2.75, 3.05) is 13.2 Å². The molecule has 23 heavy (non-hydrogen) atoms. The van der Waals surface area contributed by atoms with Gasteiger partial charge in [0.1, 0.15) is 25.0 Å². The van der Waals surface area contributed by atoms with Crippen molar-refractivity contribution < 1.29 is 32.9 Å². The Bertz CT molecular complexity index is 421. The first-order valence-electron chi connectivity index (χ1n) is 7.85. The number of aliphatic hydroxyl groups excluding tert-OH is 3. The third-order valence-corrected chi connectivity index (χ3v) is 4.92. The molecule has 0 aromatic carbocycles. The van der Waals surface area contributed by atoms with Crippen molar-refractivity contribution in [3.8, 4) is 0 Å². The Balaban J connectivity index is 1.85. The van der Waals surface area contributed by atoms with Gasteiger partial charge in [-0.25, -0.2) is 4.39 Å². The highest BCUT2D eigenvalue weighted by atomic mass is 19.4. The number of alkyl halides is 4. The van der Waals surface area contributed by atoms with Crippen molar-refractivity contribution in [3.05, 3.63) is 11.6 Å². The van der Waals surface area contributed by atoms with Crippen LogP contribution in [-0.4, -0.2) is 59.1 Å². The molecule has 0 aromatic heterocycles. The molecule has 4 atom stereocenters. The van der Waals surface area contributed by atoms with Gasteiger partial charge >= 0.3 is 6.18 Å². The molecule has 0 aromatic rings. The molecule has 0 spiro atoms. The van der Waals surface area contributed by atoms with Gasteiger partial charge in [0, 0.05) is 0 Å². The van der Waals surface area contributed by atoms with E-state index in [9.17, 15) is 32.9 Å². The van der Waals surface area contributed by atoms with E-state index in [2.05, 4.69) is 5.32 Å². The first kappa shape index (κ1) is 18.6. The summed E-state index contributed by atoms with van der Waals surface area (Å²) in [5.41, 5.74) is 0.001000. The van der Waals surface area contributed by atoms with E-state index < -0.39 is 43.1 Å². The van der Waals surface area contributed by atoms with E-state index in [0.29, 0.717) is 19.4 Å². The van der Waals surface area contributed by atoms with E-state index in [-0.39, 0.29) is 24.3 Å². The van der Waals surface area contributed by atoms with E-state index in [1.54, 1.807) is 0 Å². The van der Waals surface area contributed by atoms with E-state index in [1.165, 1.54) is 6.08 Å².